The van der Waals surface area contributed by atoms with Crippen LogP contribution in [0.25, 0.3) is 0 Å². The summed E-state index contributed by atoms with van der Waals surface area (Å²) in [5, 5.41) is 1.62. The maximum absolute atomic E-state index is 6.26. The summed E-state index contributed by atoms with van der Waals surface area (Å²) in [6.07, 6.45) is 8.31. The van der Waals surface area contributed by atoms with Gasteiger partial charge in [0, 0.05) is 10.4 Å². The van der Waals surface area contributed by atoms with E-state index in [1.165, 1.54) is 44.1 Å². The molecule has 0 N–H and O–H groups in total. The van der Waals surface area contributed by atoms with E-state index in [2.05, 4.69) is 28.1 Å². The summed E-state index contributed by atoms with van der Waals surface area (Å²) < 4.78 is 6.26. The van der Waals surface area contributed by atoms with Crippen molar-refractivity contribution in [3.63, 3.8) is 0 Å². The van der Waals surface area contributed by atoms with Crippen LogP contribution in [-0.4, -0.2) is 11.4 Å². The van der Waals surface area contributed by atoms with Crippen LogP contribution in [0.5, 0.6) is 0 Å². The average Bonchev–Trinajstić information content (AvgIpc) is 2.66. The first-order chi connectivity index (χ1) is 8.79. The topological polar surface area (TPSA) is 9.23 Å². The minimum atomic E-state index is 0.144. The lowest BCUT2D eigenvalue weighted by Gasteiger charge is -2.23. The van der Waals surface area contributed by atoms with Gasteiger partial charge < -0.3 is 4.74 Å². The third kappa shape index (κ3) is 4.25. The quantitative estimate of drug-likeness (QED) is 0.522. The summed E-state index contributed by atoms with van der Waals surface area (Å²) in [5.74, 6) is 0. The van der Waals surface area contributed by atoms with Crippen LogP contribution < -0.4 is 0 Å². The first-order valence-electron chi connectivity index (χ1n) is 6.76. The Balaban J connectivity index is 1.97. The molecule has 1 unspecified atom stereocenters. The zero-order chi connectivity index (χ0) is 12.8. The highest BCUT2D eigenvalue weighted by molar-refractivity contribution is 9.09. The van der Waals surface area contributed by atoms with E-state index in [9.17, 15) is 0 Å². The molecular formula is C15H20BrClO. The predicted octanol–water partition coefficient (Wildman–Crippen LogP) is 5.52. The Morgan fingerprint density at radius 2 is 1.72 bits per heavy atom. The molecule has 3 heteroatoms. The Kier molecular flexibility index (Phi) is 6.00. The van der Waals surface area contributed by atoms with Crippen molar-refractivity contribution in [2.75, 3.05) is 5.33 Å². The van der Waals surface area contributed by atoms with Gasteiger partial charge in [0.2, 0.25) is 0 Å². The van der Waals surface area contributed by atoms with E-state index in [1.807, 2.05) is 12.1 Å². The Morgan fingerprint density at radius 1 is 1.11 bits per heavy atom. The molecule has 0 saturated heterocycles. The Morgan fingerprint density at radius 3 is 2.28 bits per heavy atom. The highest BCUT2D eigenvalue weighted by Gasteiger charge is 2.18. The van der Waals surface area contributed by atoms with Crippen LogP contribution >= 0.6 is 27.5 Å². The molecular weight excluding hydrogens is 312 g/mol. The summed E-state index contributed by atoms with van der Waals surface area (Å²) in [4.78, 5) is 0. The van der Waals surface area contributed by atoms with Crippen molar-refractivity contribution in [2.45, 2.75) is 50.7 Å². The summed E-state index contributed by atoms with van der Waals surface area (Å²) in [7, 11) is 0. The lowest BCUT2D eigenvalue weighted by molar-refractivity contribution is -0.00791. The second-order valence-corrected chi connectivity index (χ2v) is 6.03. The number of hydrogen-bond donors (Lipinski definition) is 0. The van der Waals surface area contributed by atoms with E-state index in [0.29, 0.717) is 6.10 Å². The molecule has 1 saturated carbocycles. The molecule has 0 aliphatic heterocycles. The SMILES string of the molecule is Clc1ccc(C(CBr)OC2CCCCCC2)cc1. The third-order valence-corrected chi connectivity index (χ3v) is 4.38. The second kappa shape index (κ2) is 7.52. The van der Waals surface area contributed by atoms with Gasteiger partial charge in [-0.25, -0.2) is 0 Å². The van der Waals surface area contributed by atoms with E-state index >= 15 is 0 Å². The van der Waals surface area contributed by atoms with Gasteiger partial charge in [-0.05, 0) is 30.5 Å². The normalized spacial score (nSPS) is 19.4. The van der Waals surface area contributed by atoms with E-state index in [4.69, 9.17) is 16.3 Å². The van der Waals surface area contributed by atoms with Crippen LogP contribution in [0.15, 0.2) is 24.3 Å². The summed E-state index contributed by atoms with van der Waals surface area (Å²) in [5.41, 5.74) is 1.21. The molecule has 1 atom stereocenters. The Bertz CT molecular complexity index is 344. The monoisotopic (exact) mass is 330 g/mol. The number of rotatable bonds is 4. The fourth-order valence-corrected chi connectivity index (χ4v) is 3.14. The van der Waals surface area contributed by atoms with Crippen molar-refractivity contribution in [2.24, 2.45) is 0 Å². The molecule has 0 radical (unpaired) electrons. The molecule has 1 nitrogen and oxygen atoms in total. The van der Waals surface area contributed by atoms with Crippen molar-refractivity contribution in [3.05, 3.63) is 34.9 Å². The third-order valence-electron chi connectivity index (χ3n) is 3.54. The van der Waals surface area contributed by atoms with E-state index in [0.717, 1.165) is 10.4 Å². The van der Waals surface area contributed by atoms with Crippen molar-refractivity contribution in [1.82, 2.24) is 0 Å². The standard InChI is InChI=1S/C15H20BrClO/c16-11-15(12-7-9-13(17)10-8-12)18-14-5-3-1-2-4-6-14/h7-10,14-15H,1-6,11H2. The molecule has 2 rings (SSSR count). The molecule has 0 bridgehead atoms. The van der Waals surface area contributed by atoms with Gasteiger partial charge in [-0.1, -0.05) is 65.3 Å². The Labute approximate surface area is 123 Å². The van der Waals surface area contributed by atoms with Crippen LogP contribution in [0.2, 0.25) is 5.02 Å². The number of halogens is 2. The van der Waals surface area contributed by atoms with Gasteiger partial charge in [0.15, 0.2) is 0 Å². The molecule has 1 aromatic carbocycles. The first-order valence-corrected chi connectivity index (χ1v) is 8.26. The first kappa shape index (κ1) is 14.4. The van der Waals surface area contributed by atoms with Gasteiger partial charge in [-0.3, -0.25) is 0 Å². The van der Waals surface area contributed by atoms with Gasteiger partial charge in [-0.2, -0.15) is 0 Å². The minimum absolute atomic E-state index is 0.144. The number of hydrogen-bond acceptors (Lipinski definition) is 1. The van der Waals surface area contributed by atoms with Crippen molar-refractivity contribution in [1.29, 1.82) is 0 Å². The molecule has 0 heterocycles. The van der Waals surface area contributed by atoms with Crippen molar-refractivity contribution in [3.8, 4) is 0 Å². The molecule has 0 aromatic heterocycles. The fourth-order valence-electron chi connectivity index (χ4n) is 2.49. The van der Waals surface area contributed by atoms with Gasteiger partial charge >= 0.3 is 0 Å². The lowest BCUT2D eigenvalue weighted by atomic mass is 10.1. The zero-order valence-corrected chi connectivity index (χ0v) is 12.9. The summed E-state index contributed by atoms with van der Waals surface area (Å²) in [6.45, 7) is 0. The molecule has 100 valence electrons. The number of benzene rings is 1. The summed E-state index contributed by atoms with van der Waals surface area (Å²) >= 11 is 9.48. The van der Waals surface area contributed by atoms with Gasteiger partial charge in [0.1, 0.15) is 0 Å². The molecule has 0 spiro atoms. The Hall–Kier alpha value is -0.0500. The maximum atomic E-state index is 6.26. The maximum Gasteiger partial charge on any atom is 0.0925 e. The van der Waals surface area contributed by atoms with Gasteiger partial charge in [0.25, 0.3) is 0 Å². The zero-order valence-electron chi connectivity index (χ0n) is 10.6. The largest absolute Gasteiger partial charge is 0.369 e. The molecule has 0 amide bonds. The van der Waals surface area contributed by atoms with E-state index < -0.39 is 0 Å². The van der Waals surface area contributed by atoms with Crippen molar-refractivity contribution < 1.29 is 4.74 Å². The van der Waals surface area contributed by atoms with Crippen LogP contribution in [-0.2, 0) is 4.74 Å². The fraction of sp³-hybridized carbons (Fsp3) is 0.600. The summed E-state index contributed by atoms with van der Waals surface area (Å²) in [6, 6.07) is 7.99. The van der Waals surface area contributed by atoms with Gasteiger partial charge in [-0.15, -0.1) is 0 Å². The van der Waals surface area contributed by atoms with Gasteiger partial charge in [0.05, 0.1) is 12.2 Å². The smallest absolute Gasteiger partial charge is 0.0925 e. The van der Waals surface area contributed by atoms with Crippen LogP contribution in [0.3, 0.4) is 0 Å². The van der Waals surface area contributed by atoms with Crippen LogP contribution in [0.1, 0.15) is 50.2 Å². The lowest BCUT2D eigenvalue weighted by Crippen LogP contribution is -2.17. The minimum Gasteiger partial charge on any atom is -0.369 e. The average molecular weight is 332 g/mol. The molecule has 18 heavy (non-hydrogen) atoms. The van der Waals surface area contributed by atoms with Crippen LogP contribution in [0, 0.1) is 0 Å². The van der Waals surface area contributed by atoms with Crippen molar-refractivity contribution >= 4 is 27.5 Å². The number of ether oxygens (including phenoxy) is 1. The molecule has 1 aromatic rings. The molecule has 1 fully saturated rings. The highest BCUT2D eigenvalue weighted by Crippen LogP contribution is 2.28. The van der Waals surface area contributed by atoms with E-state index in [-0.39, 0.29) is 6.10 Å². The highest BCUT2D eigenvalue weighted by atomic mass is 79.9. The molecule has 1 aliphatic carbocycles. The van der Waals surface area contributed by atoms with E-state index in [1.54, 1.807) is 0 Å². The number of alkyl halides is 1. The second-order valence-electron chi connectivity index (χ2n) is 4.94. The predicted molar refractivity (Wildman–Crippen MR) is 80.6 cm³/mol. The van der Waals surface area contributed by atoms with Crippen LogP contribution in [0.4, 0.5) is 0 Å². The molecule has 1 aliphatic rings.